The molecule has 0 saturated carbocycles. The summed E-state index contributed by atoms with van der Waals surface area (Å²) in [5, 5.41) is 3.30. The molecule has 2 rings (SSSR count). The number of ether oxygens (including phenoxy) is 1. The van der Waals surface area contributed by atoms with Gasteiger partial charge in [-0.15, -0.1) is 0 Å². The van der Waals surface area contributed by atoms with Gasteiger partial charge in [0.2, 0.25) is 5.91 Å². The first-order chi connectivity index (χ1) is 9.18. The van der Waals surface area contributed by atoms with Crippen molar-refractivity contribution < 1.29 is 9.53 Å². The molecule has 1 atom stereocenters. The van der Waals surface area contributed by atoms with E-state index < -0.39 is 0 Å². The fourth-order valence-electron chi connectivity index (χ4n) is 2.35. The second-order valence-corrected chi connectivity index (χ2v) is 4.95. The molecule has 1 unspecified atom stereocenters. The summed E-state index contributed by atoms with van der Waals surface area (Å²) in [6.07, 6.45) is 0. The molecule has 0 spiro atoms. The van der Waals surface area contributed by atoms with Gasteiger partial charge in [0.15, 0.2) is 0 Å². The molecule has 1 amide bonds. The summed E-state index contributed by atoms with van der Waals surface area (Å²) in [5.41, 5.74) is 2.50. The Kier molecular flexibility index (Phi) is 4.93. The minimum absolute atomic E-state index is 0.156. The largest absolute Gasteiger partial charge is 0.378 e. The minimum atomic E-state index is 0.156. The van der Waals surface area contributed by atoms with Crippen LogP contribution in [0.1, 0.15) is 24.1 Å². The zero-order valence-corrected chi connectivity index (χ0v) is 11.7. The molecule has 1 aliphatic heterocycles. The van der Waals surface area contributed by atoms with E-state index in [0.717, 1.165) is 0 Å². The van der Waals surface area contributed by atoms with Gasteiger partial charge in [-0.05, 0) is 25.0 Å². The number of hydrogen-bond donors (Lipinski definition) is 1. The van der Waals surface area contributed by atoms with Crippen LogP contribution in [0.25, 0.3) is 0 Å². The standard InChI is InChI=1S/C15H22N2O2/c1-12-5-3-4-6-14(12)13(2)16-11-15(18)17-7-9-19-10-8-17/h3-6,13,16H,7-11H2,1-2H3. The zero-order chi connectivity index (χ0) is 13.7. The molecular weight excluding hydrogens is 240 g/mol. The van der Waals surface area contributed by atoms with E-state index in [1.165, 1.54) is 11.1 Å². The van der Waals surface area contributed by atoms with Crippen LogP contribution in [0.15, 0.2) is 24.3 Å². The number of carbonyl (C=O) groups is 1. The van der Waals surface area contributed by atoms with Crippen molar-refractivity contribution in [3.8, 4) is 0 Å². The maximum Gasteiger partial charge on any atom is 0.236 e. The number of hydrogen-bond acceptors (Lipinski definition) is 3. The molecule has 1 aromatic rings. The highest BCUT2D eigenvalue weighted by atomic mass is 16.5. The minimum Gasteiger partial charge on any atom is -0.378 e. The van der Waals surface area contributed by atoms with Crippen LogP contribution in [0.5, 0.6) is 0 Å². The SMILES string of the molecule is Cc1ccccc1C(C)NCC(=O)N1CCOCC1. The average Bonchev–Trinajstić information content (AvgIpc) is 2.46. The molecule has 19 heavy (non-hydrogen) atoms. The molecular formula is C15H22N2O2. The Bertz CT molecular complexity index is 428. The third-order valence-corrected chi connectivity index (χ3v) is 3.58. The fraction of sp³-hybridized carbons (Fsp3) is 0.533. The highest BCUT2D eigenvalue weighted by Crippen LogP contribution is 2.16. The maximum absolute atomic E-state index is 12.0. The van der Waals surface area contributed by atoms with Gasteiger partial charge in [0.1, 0.15) is 0 Å². The molecule has 1 aliphatic rings. The van der Waals surface area contributed by atoms with Gasteiger partial charge in [0, 0.05) is 19.1 Å². The zero-order valence-electron chi connectivity index (χ0n) is 11.7. The summed E-state index contributed by atoms with van der Waals surface area (Å²) in [6, 6.07) is 8.45. The van der Waals surface area contributed by atoms with Crippen LogP contribution < -0.4 is 5.32 Å². The smallest absolute Gasteiger partial charge is 0.236 e. The summed E-state index contributed by atoms with van der Waals surface area (Å²) >= 11 is 0. The van der Waals surface area contributed by atoms with Crippen molar-refractivity contribution in [3.63, 3.8) is 0 Å². The van der Waals surface area contributed by atoms with E-state index in [1.54, 1.807) is 0 Å². The summed E-state index contributed by atoms with van der Waals surface area (Å²) < 4.78 is 5.25. The van der Waals surface area contributed by atoms with Crippen LogP contribution in [0, 0.1) is 6.92 Å². The monoisotopic (exact) mass is 262 g/mol. The molecule has 0 aromatic heterocycles. The van der Waals surface area contributed by atoms with Crippen molar-refractivity contribution in [2.45, 2.75) is 19.9 Å². The van der Waals surface area contributed by atoms with E-state index in [0.29, 0.717) is 32.8 Å². The van der Waals surface area contributed by atoms with Gasteiger partial charge in [-0.3, -0.25) is 4.79 Å². The number of carbonyl (C=O) groups excluding carboxylic acids is 1. The van der Waals surface area contributed by atoms with Crippen LogP contribution >= 0.6 is 0 Å². The number of aryl methyl sites for hydroxylation is 1. The molecule has 4 nitrogen and oxygen atoms in total. The van der Waals surface area contributed by atoms with E-state index in [4.69, 9.17) is 4.74 Å². The topological polar surface area (TPSA) is 41.6 Å². The first-order valence-corrected chi connectivity index (χ1v) is 6.83. The number of benzene rings is 1. The third kappa shape index (κ3) is 3.78. The third-order valence-electron chi connectivity index (χ3n) is 3.58. The van der Waals surface area contributed by atoms with Crippen molar-refractivity contribution >= 4 is 5.91 Å². The number of nitrogens with zero attached hydrogens (tertiary/aromatic N) is 1. The van der Waals surface area contributed by atoms with Crippen LogP contribution in [0.4, 0.5) is 0 Å². The molecule has 1 heterocycles. The molecule has 1 saturated heterocycles. The number of nitrogens with one attached hydrogen (secondary N) is 1. The number of rotatable bonds is 4. The Morgan fingerprint density at radius 3 is 2.74 bits per heavy atom. The predicted molar refractivity (Wildman–Crippen MR) is 75.0 cm³/mol. The first kappa shape index (κ1) is 14.0. The molecule has 0 bridgehead atoms. The van der Waals surface area contributed by atoms with E-state index in [1.807, 2.05) is 17.0 Å². The Labute approximate surface area is 114 Å². The lowest BCUT2D eigenvalue weighted by Gasteiger charge is -2.27. The van der Waals surface area contributed by atoms with Gasteiger partial charge in [-0.2, -0.15) is 0 Å². The molecule has 1 aromatic carbocycles. The predicted octanol–water partition coefficient (Wildman–Crippen LogP) is 1.50. The molecule has 4 heteroatoms. The lowest BCUT2D eigenvalue weighted by molar-refractivity contribution is -0.134. The van der Waals surface area contributed by atoms with Crippen LogP contribution in [0.3, 0.4) is 0 Å². The van der Waals surface area contributed by atoms with Gasteiger partial charge >= 0.3 is 0 Å². The Balaban J connectivity index is 1.84. The molecule has 0 aliphatic carbocycles. The second kappa shape index (κ2) is 6.68. The molecule has 1 N–H and O–H groups in total. The van der Waals surface area contributed by atoms with Crippen molar-refractivity contribution in [2.75, 3.05) is 32.8 Å². The van der Waals surface area contributed by atoms with Gasteiger partial charge in [-0.25, -0.2) is 0 Å². The van der Waals surface area contributed by atoms with Crippen molar-refractivity contribution in [1.82, 2.24) is 10.2 Å². The van der Waals surface area contributed by atoms with Gasteiger partial charge in [0.05, 0.1) is 19.8 Å². The lowest BCUT2D eigenvalue weighted by atomic mass is 10.0. The van der Waals surface area contributed by atoms with Gasteiger partial charge < -0.3 is 15.0 Å². The maximum atomic E-state index is 12.0. The highest BCUT2D eigenvalue weighted by Gasteiger charge is 2.17. The highest BCUT2D eigenvalue weighted by molar-refractivity contribution is 5.78. The summed E-state index contributed by atoms with van der Waals surface area (Å²) in [5.74, 6) is 0.156. The second-order valence-electron chi connectivity index (χ2n) is 4.95. The van der Waals surface area contributed by atoms with E-state index in [9.17, 15) is 4.79 Å². The van der Waals surface area contributed by atoms with Crippen molar-refractivity contribution in [1.29, 1.82) is 0 Å². The summed E-state index contributed by atoms with van der Waals surface area (Å²) in [7, 11) is 0. The number of morpholine rings is 1. The fourth-order valence-corrected chi connectivity index (χ4v) is 2.35. The van der Waals surface area contributed by atoms with Crippen molar-refractivity contribution in [2.24, 2.45) is 0 Å². The van der Waals surface area contributed by atoms with Gasteiger partial charge in [-0.1, -0.05) is 24.3 Å². The summed E-state index contributed by atoms with van der Waals surface area (Å²) in [6.45, 7) is 7.29. The average molecular weight is 262 g/mol. The van der Waals surface area contributed by atoms with Gasteiger partial charge in [0.25, 0.3) is 0 Å². The van der Waals surface area contributed by atoms with Crippen molar-refractivity contribution in [3.05, 3.63) is 35.4 Å². The molecule has 104 valence electrons. The van der Waals surface area contributed by atoms with Crippen LogP contribution in [-0.4, -0.2) is 43.7 Å². The lowest BCUT2D eigenvalue weighted by Crippen LogP contribution is -2.45. The molecule has 0 radical (unpaired) electrons. The first-order valence-electron chi connectivity index (χ1n) is 6.83. The van der Waals surface area contributed by atoms with Crippen LogP contribution in [-0.2, 0) is 9.53 Å². The van der Waals surface area contributed by atoms with E-state index >= 15 is 0 Å². The molecule has 1 fully saturated rings. The van der Waals surface area contributed by atoms with E-state index in [2.05, 4.69) is 31.3 Å². The van der Waals surface area contributed by atoms with Crippen LogP contribution in [0.2, 0.25) is 0 Å². The Morgan fingerprint density at radius 2 is 2.05 bits per heavy atom. The Hall–Kier alpha value is -1.39. The van der Waals surface area contributed by atoms with E-state index in [-0.39, 0.29) is 11.9 Å². The normalized spacial score (nSPS) is 17.3. The Morgan fingerprint density at radius 1 is 1.37 bits per heavy atom. The quantitative estimate of drug-likeness (QED) is 0.894. The summed E-state index contributed by atoms with van der Waals surface area (Å²) in [4.78, 5) is 13.9. The number of amides is 1.